The van der Waals surface area contributed by atoms with Gasteiger partial charge >= 0.3 is 0 Å². The van der Waals surface area contributed by atoms with Crippen molar-refractivity contribution in [2.24, 2.45) is 0 Å². The van der Waals surface area contributed by atoms with Gasteiger partial charge in [-0.05, 0) is 56.3 Å². The zero-order valence-electron chi connectivity index (χ0n) is 16.7. The Kier molecular flexibility index (Phi) is 6.44. The van der Waals surface area contributed by atoms with Gasteiger partial charge in [0.05, 0.1) is 0 Å². The number of nitrogens with one attached hydrogen (secondary N) is 3. The number of aryl methyl sites for hydroxylation is 1. The van der Waals surface area contributed by atoms with Gasteiger partial charge in [-0.25, -0.2) is 0 Å². The molecule has 0 saturated carbocycles. The molecule has 1 atom stereocenters. The van der Waals surface area contributed by atoms with Crippen molar-refractivity contribution in [1.82, 2.24) is 10.2 Å². The predicted octanol–water partition coefficient (Wildman–Crippen LogP) is 2.71. The fraction of sp³-hybridized carbons (Fsp3) is 0.364. The molecule has 1 aliphatic heterocycles. The third kappa shape index (κ3) is 4.97. The smallest absolute Gasteiger partial charge is 0.246 e. The predicted molar refractivity (Wildman–Crippen MR) is 112 cm³/mol. The topological polar surface area (TPSA) is 73.5 Å². The minimum absolute atomic E-state index is 0.0387. The molecule has 28 heavy (non-hydrogen) atoms. The van der Waals surface area contributed by atoms with Gasteiger partial charge in [-0.1, -0.05) is 30.3 Å². The van der Waals surface area contributed by atoms with Gasteiger partial charge in [0, 0.05) is 30.9 Å². The van der Waals surface area contributed by atoms with E-state index in [1.54, 1.807) is 0 Å². The van der Waals surface area contributed by atoms with Crippen LogP contribution in [-0.2, 0) is 16.0 Å². The quantitative estimate of drug-likeness (QED) is 0.720. The van der Waals surface area contributed by atoms with Crippen LogP contribution in [-0.4, -0.2) is 43.9 Å². The zero-order chi connectivity index (χ0) is 20.1. The van der Waals surface area contributed by atoms with Crippen LogP contribution in [0.15, 0.2) is 42.5 Å². The molecule has 0 bridgehead atoms. The van der Waals surface area contributed by atoms with Crippen molar-refractivity contribution < 1.29 is 9.59 Å². The number of fused-ring (bicyclic) bond motifs is 1. The average Bonchev–Trinajstić information content (AvgIpc) is 2.68. The average molecular weight is 380 g/mol. The van der Waals surface area contributed by atoms with Gasteiger partial charge < -0.3 is 20.9 Å². The lowest BCUT2D eigenvalue weighted by atomic mass is 9.94. The first-order valence-corrected chi connectivity index (χ1v) is 9.61. The van der Waals surface area contributed by atoms with E-state index in [2.05, 4.69) is 22.0 Å². The van der Waals surface area contributed by atoms with Crippen LogP contribution in [0.4, 0.5) is 11.4 Å². The van der Waals surface area contributed by atoms with Crippen molar-refractivity contribution >= 4 is 23.2 Å². The van der Waals surface area contributed by atoms with Crippen LogP contribution in [0.25, 0.3) is 0 Å². The molecule has 6 nitrogen and oxygen atoms in total. The van der Waals surface area contributed by atoms with E-state index in [1.807, 2.05) is 62.3 Å². The molecule has 2 aromatic carbocycles. The van der Waals surface area contributed by atoms with E-state index in [1.165, 1.54) is 5.56 Å². The Bertz CT molecular complexity index is 863. The number of carbonyl (C=O) groups is 2. The maximum atomic E-state index is 12.9. The summed E-state index contributed by atoms with van der Waals surface area (Å²) in [4.78, 5) is 27.0. The fourth-order valence-corrected chi connectivity index (χ4v) is 3.33. The lowest BCUT2D eigenvalue weighted by Crippen LogP contribution is -2.38. The molecule has 1 unspecified atom stereocenters. The summed E-state index contributed by atoms with van der Waals surface area (Å²) < 4.78 is 0. The summed E-state index contributed by atoms with van der Waals surface area (Å²) in [5.74, 6) is -0.135. The van der Waals surface area contributed by atoms with Crippen molar-refractivity contribution in [2.75, 3.05) is 37.8 Å². The van der Waals surface area contributed by atoms with Crippen LogP contribution in [0.1, 0.15) is 29.2 Å². The second kappa shape index (κ2) is 8.99. The molecule has 0 aromatic heterocycles. The zero-order valence-corrected chi connectivity index (χ0v) is 16.7. The summed E-state index contributed by atoms with van der Waals surface area (Å²) in [6.45, 7) is 3.40. The third-order valence-corrected chi connectivity index (χ3v) is 4.94. The van der Waals surface area contributed by atoms with Gasteiger partial charge in [-0.15, -0.1) is 0 Å². The standard InChI is InChI=1S/C22H28N4O2/c1-15-8-9-17(14-19(15)25-20(27)11-13-26(2)3)24-22(28)21-18-7-5-4-6-16(18)10-12-23-21/h4-9,14,21,23H,10-13H2,1-3H3,(H,24,28)(H,25,27). The lowest BCUT2D eigenvalue weighted by Gasteiger charge is -2.26. The van der Waals surface area contributed by atoms with Crippen LogP contribution < -0.4 is 16.0 Å². The molecule has 1 aliphatic rings. The van der Waals surface area contributed by atoms with Gasteiger partial charge in [0.25, 0.3) is 0 Å². The summed E-state index contributed by atoms with van der Waals surface area (Å²) in [5, 5.41) is 9.22. The van der Waals surface area contributed by atoms with E-state index in [4.69, 9.17) is 0 Å². The number of hydrogen-bond acceptors (Lipinski definition) is 4. The second-order valence-corrected chi connectivity index (χ2v) is 7.46. The Morgan fingerprint density at radius 2 is 1.93 bits per heavy atom. The van der Waals surface area contributed by atoms with E-state index in [0.29, 0.717) is 18.7 Å². The van der Waals surface area contributed by atoms with Gasteiger partial charge in [0.1, 0.15) is 6.04 Å². The molecule has 0 radical (unpaired) electrons. The molecule has 0 fully saturated rings. The third-order valence-electron chi connectivity index (χ3n) is 4.94. The highest BCUT2D eigenvalue weighted by molar-refractivity contribution is 5.97. The van der Waals surface area contributed by atoms with Crippen LogP contribution in [0.5, 0.6) is 0 Å². The van der Waals surface area contributed by atoms with Gasteiger partial charge in [-0.3, -0.25) is 9.59 Å². The number of nitrogens with zero attached hydrogens (tertiary/aromatic N) is 1. The normalized spacial score (nSPS) is 15.8. The molecule has 2 amide bonds. The number of anilines is 2. The molecule has 0 spiro atoms. The van der Waals surface area contributed by atoms with Crippen LogP contribution >= 0.6 is 0 Å². The molecular weight excluding hydrogens is 352 g/mol. The van der Waals surface area contributed by atoms with Crippen LogP contribution in [0.2, 0.25) is 0 Å². The minimum Gasteiger partial charge on any atom is -0.326 e. The van der Waals surface area contributed by atoms with Crippen molar-refractivity contribution in [1.29, 1.82) is 0 Å². The molecule has 3 N–H and O–H groups in total. The molecule has 0 aliphatic carbocycles. The second-order valence-electron chi connectivity index (χ2n) is 7.46. The Labute approximate surface area is 166 Å². The lowest BCUT2D eigenvalue weighted by molar-refractivity contribution is -0.118. The minimum atomic E-state index is -0.371. The highest BCUT2D eigenvalue weighted by Crippen LogP contribution is 2.25. The largest absolute Gasteiger partial charge is 0.326 e. The van der Waals surface area contributed by atoms with Crippen molar-refractivity contribution in [3.05, 3.63) is 59.2 Å². The summed E-state index contributed by atoms with van der Waals surface area (Å²) in [6.07, 6.45) is 1.35. The first kappa shape index (κ1) is 20.0. The molecular formula is C22H28N4O2. The monoisotopic (exact) mass is 380 g/mol. The molecule has 6 heteroatoms. The Hall–Kier alpha value is -2.70. The van der Waals surface area contributed by atoms with Crippen LogP contribution in [0.3, 0.4) is 0 Å². The molecule has 0 saturated heterocycles. The SMILES string of the molecule is Cc1ccc(NC(=O)C2NCCc3ccccc32)cc1NC(=O)CCN(C)C. The van der Waals surface area contributed by atoms with Crippen molar-refractivity contribution in [2.45, 2.75) is 25.8 Å². The fourth-order valence-electron chi connectivity index (χ4n) is 3.33. The summed E-state index contributed by atoms with van der Waals surface area (Å²) >= 11 is 0. The Morgan fingerprint density at radius 3 is 2.71 bits per heavy atom. The number of benzene rings is 2. The Balaban J connectivity index is 1.70. The summed E-state index contributed by atoms with van der Waals surface area (Å²) in [5.41, 5.74) is 4.58. The Morgan fingerprint density at radius 1 is 1.14 bits per heavy atom. The molecule has 3 rings (SSSR count). The number of amides is 2. The van der Waals surface area contributed by atoms with E-state index in [0.717, 1.165) is 29.8 Å². The van der Waals surface area contributed by atoms with E-state index < -0.39 is 0 Å². The van der Waals surface area contributed by atoms with E-state index >= 15 is 0 Å². The number of rotatable bonds is 6. The maximum Gasteiger partial charge on any atom is 0.246 e. The first-order valence-electron chi connectivity index (χ1n) is 9.61. The van der Waals surface area contributed by atoms with Gasteiger partial charge in [-0.2, -0.15) is 0 Å². The highest BCUT2D eigenvalue weighted by Gasteiger charge is 2.25. The number of carbonyl (C=O) groups excluding carboxylic acids is 2. The van der Waals surface area contributed by atoms with Crippen molar-refractivity contribution in [3.63, 3.8) is 0 Å². The number of hydrogen-bond donors (Lipinski definition) is 3. The maximum absolute atomic E-state index is 12.9. The van der Waals surface area contributed by atoms with Gasteiger partial charge in [0.2, 0.25) is 11.8 Å². The first-order chi connectivity index (χ1) is 13.4. The summed E-state index contributed by atoms with van der Waals surface area (Å²) in [6, 6.07) is 13.2. The van der Waals surface area contributed by atoms with E-state index in [-0.39, 0.29) is 17.9 Å². The summed E-state index contributed by atoms with van der Waals surface area (Å²) in [7, 11) is 3.87. The van der Waals surface area contributed by atoms with Gasteiger partial charge in [0.15, 0.2) is 0 Å². The highest BCUT2D eigenvalue weighted by atomic mass is 16.2. The molecule has 148 valence electrons. The van der Waals surface area contributed by atoms with Crippen LogP contribution in [0, 0.1) is 6.92 Å². The molecule has 2 aromatic rings. The molecule has 1 heterocycles. The van der Waals surface area contributed by atoms with Crippen molar-refractivity contribution in [3.8, 4) is 0 Å². The van der Waals surface area contributed by atoms with E-state index in [9.17, 15) is 9.59 Å².